The molecule has 1 atom stereocenters. The van der Waals surface area contributed by atoms with Gasteiger partial charge in [-0.1, -0.05) is 0 Å². The van der Waals surface area contributed by atoms with Crippen LogP contribution in [0, 0.1) is 5.82 Å². The summed E-state index contributed by atoms with van der Waals surface area (Å²) < 4.78 is 19.6. The maximum absolute atomic E-state index is 14.7. The zero-order valence-electron chi connectivity index (χ0n) is 15.5. The number of primary amides is 1. The van der Waals surface area contributed by atoms with Crippen molar-refractivity contribution in [2.45, 2.75) is 18.9 Å². The van der Waals surface area contributed by atoms with Gasteiger partial charge >= 0.3 is 6.09 Å². The molecule has 1 aromatic carbocycles. The minimum atomic E-state index is -1.05. The van der Waals surface area contributed by atoms with Crippen molar-refractivity contribution in [1.29, 1.82) is 0 Å². The van der Waals surface area contributed by atoms with Crippen molar-refractivity contribution in [3.05, 3.63) is 42.3 Å². The number of carbonyl (C=O) groups excluding carboxylic acids is 3. The lowest BCUT2D eigenvalue weighted by atomic mass is 10.1. The first-order valence-electron chi connectivity index (χ1n) is 9.22. The Morgan fingerprint density at radius 2 is 1.93 bits per heavy atom. The van der Waals surface area contributed by atoms with Gasteiger partial charge in [-0.05, 0) is 30.3 Å². The molecule has 8 nitrogen and oxygen atoms in total. The molecule has 9 heteroatoms. The minimum Gasteiger partial charge on any atom is -0.434 e. The monoisotopic (exact) mass is 398 g/mol. The molecule has 29 heavy (non-hydrogen) atoms. The van der Waals surface area contributed by atoms with Gasteiger partial charge < -0.3 is 15.4 Å². The van der Waals surface area contributed by atoms with Crippen molar-refractivity contribution in [3.8, 4) is 11.1 Å². The normalized spacial score (nSPS) is 19.4. The number of Topliss-reactive ketones (excluding diaryl/α,β-unsaturated/α-hetero) is 1. The van der Waals surface area contributed by atoms with E-state index in [-0.39, 0.29) is 18.0 Å². The van der Waals surface area contributed by atoms with Gasteiger partial charge in [-0.2, -0.15) is 0 Å². The average molecular weight is 398 g/mol. The summed E-state index contributed by atoms with van der Waals surface area (Å²) in [7, 11) is 0. The number of ether oxygens (including phenoxy) is 1. The number of piperidine rings is 1. The Bertz CT molecular complexity index is 969. The standard InChI is InChI=1S/C20H19FN4O4/c21-16-9-13(25-11-17(19(22)27)29-20(25)28)2-3-15(16)12-1-4-18(23-10-12)24-7-5-14(26)6-8-24/h1-4,9-10,17H,5-8,11H2,(H2,22,27)/t17-/m1/s1. The SMILES string of the molecule is NC(=O)[C@H]1CN(c2ccc(-c3ccc(N4CCC(=O)CC4)nc3)c(F)c2)C(=O)O1. The van der Waals surface area contributed by atoms with E-state index < -0.39 is 23.9 Å². The number of aromatic nitrogens is 1. The highest BCUT2D eigenvalue weighted by atomic mass is 19.1. The van der Waals surface area contributed by atoms with E-state index in [1.54, 1.807) is 30.5 Å². The van der Waals surface area contributed by atoms with Gasteiger partial charge in [-0.25, -0.2) is 14.2 Å². The van der Waals surface area contributed by atoms with Gasteiger partial charge in [0.15, 0.2) is 6.10 Å². The molecule has 0 spiro atoms. The van der Waals surface area contributed by atoms with Gasteiger partial charge in [0, 0.05) is 43.3 Å². The van der Waals surface area contributed by atoms with Crippen LogP contribution < -0.4 is 15.5 Å². The van der Waals surface area contributed by atoms with Gasteiger partial charge in [-0.3, -0.25) is 14.5 Å². The van der Waals surface area contributed by atoms with Crippen LogP contribution in [0.4, 0.5) is 20.7 Å². The number of ketones is 1. The number of carbonyl (C=O) groups is 3. The van der Waals surface area contributed by atoms with Crippen LogP contribution in [-0.2, 0) is 14.3 Å². The van der Waals surface area contributed by atoms with Gasteiger partial charge in [0.25, 0.3) is 5.91 Å². The second-order valence-electron chi connectivity index (χ2n) is 6.98. The third kappa shape index (κ3) is 3.75. The Labute approximate surface area is 166 Å². The predicted molar refractivity (Wildman–Crippen MR) is 103 cm³/mol. The highest BCUT2D eigenvalue weighted by molar-refractivity contribution is 5.95. The van der Waals surface area contributed by atoms with Crippen molar-refractivity contribution in [2.24, 2.45) is 5.73 Å². The number of nitrogens with zero attached hydrogens (tertiary/aromatic N) is 3. The summed E-state index contributed by atoms with van der Waals surface area (Å²) in [5.41, 5.74) is 6.36. The first kappa shape index (κ1) is 18.9. The van der Waals surface area contributed by atoms with Gasteiger partial charge in [-0.15, -0.1) is 0 Å². The van der Waals surface area contributed by atoms with Crippen LogP contribution in [0.25, 0.3) is 11.1 Å². The van der Waals surface area contributed by atoms with E-state index in [9.17, 15) is 18.8 Å². The summed E-state index contributed by atoms with van der Waals surface area (Å²) in [5.74, 6) is -0.280. The fourth-order valence-electron chi connectivity index (χ4n) is 3.45. The van der Waals surface area contributed by atoms with Gasteiger partial charge in [0.2, 0.25) is 0 Å². The lowest BCUT2D eigenvalue weighted by Crippen LogP contribution is -2.34. The molecular formula is C20H19FN4O4. The molecule has 0 saturated carbocycles. The van der Waals surface area contributed by atoms with Crippen LogP contribution in [-0.4, -0.2) is 48.5 Å². The third-order valence-corrected chi connectivity index (χ3v) is 5.10. The Morgan fingerprint density at radius 3 is 2.52 bits per heavy atom. The third-order valence-electron chi connectivity index (χ3n) is 5.10. The van der Waals surface area contributed by atoms with Gasteiger partial charge in [0.1, 0.15) is 17.4 Å². The fourth-order valence-corrected chi connectivity index (χ4v) is 3.45. The number of pyridine rings is 1. The molecule has 2 saturated heterocycles. The van der Waals surface area contributed by atoms with Crippen LogP contribution >= 0.6 is 0 Å². The molecular weight excluding hydrogens is 379 g/mol. The van der Waals surface area contributed by atoms with Crippen molar-refractivity contribution in [1.82, 2.24) is 4.98 Å². The van der Waals surface area contributed by atoms with E-state index in [1.807, 2.05) is 4.90 Å². The Balaban J connectivity index is 1.52. The number of hydrogen-bond donors (Lipinski definition) is 1. The molecule has 3 heterocycles. The second-order valence-corrected chi connectivity index (χ2v) is 6.98. The second kappa shape index (κ2) is 7.50. The zero-order valence-corrected chi connectivity index (χ0v) is 15.5. The maximum atomic E-state index is 14.7. The smallest absolute Gasteiger partial charge is 0.415 e. The number of amides is 2. The van der Waals surface area contributed by atoms with Crippen molar-refractivity contribution >= 4 is 29.3 Å². The average Bonchev–Trinajstić information content (AvgIpc) is 3.11. The van der Waals surface area contributed by atoms with Crippen LogP contribution in [0.2, 0.25) is 0 Å². The molecule has 2 N–H and O–H groups in total. The molecule has 4 rings (SSSR count). The van der Waals surface area contributed by atoms with Crippen molar-refractivity contribution in [3.63, 3.8) is 0 Å². The predicted octanol–water partition coefficient (Wildman–Crippen LogP) is 1.87. The van der Waals surface area contributed by atoms with E-state index in [4.69, 9.17) is 10.5 Å². The first-order chi connectivity index (χ1) is 13.9. The van der Waals surface area contributed by atoms with Crippen LogP contribution in [0.3, 0.4) is 0 Å². The Kier molecular flexibility index (Phi) is 4.87. The van der Waals surface area contributed by atoms with E-state index in [2.05, 4.69) is 4.98 Å². The largest absolute Gasteiger partial charge is 0.434 e. The molecule has 2 amide bonds. The van der Waals surface area contributed by atoms with E-state index >= 15 is 0 Å². The molecule has 2 aliphatic heterocycles. The first-order valence-corrected chi connectivity index (χ1v) is 9.22. The quantitative estimate of drug-likeness (QED) is 0.843. The van der Waals surface area contributed by atoms with Gasteiger partial charge in [0.05, 0.1) is 12.2 Å². The topological polar surface area (TPSA) is 106 Å². The summed E-state index contributed by atoms with van der Waals surface area (Å²) in [5, 5.41) is 0. The Hall–Kier alpha value is -3.49. The number of cyclic esters (lactones) is 1. The molecule has 0 unspecified atom stereocenters. The number of rotatable bonds is 4. The van der Waals surface area contributed by atoms with Crippen molar-refractivity contribution < 1.29 is 23.5 Å². The fraction of sp³-hybridized carbons (Fsp3) is 0.300. The van der Waals surface area contributed by atoms with E-state index in [0.29, 0.717) is 37.1 Å². The molecule has 0 aliphatic carbocycles. The number of benzene rings is 1. The number of hydrogen-bond acceptors (Lipinski definition) is 6. The van der Waals surface area contributed by atoms with E-state index in [0.717, 1.165) is 5.82 Å². The molecule has 2 aliphatic rings. The summed E-state index contributed by atoms with van der Waals surface area (Å²) in [6.45, 7) is 1.21. The summed E-state index contributed by atoms with van der Waals surface area (Å²) in [4.78, 5) is 42.1. The highest BCUT2D eigenvalue weighted by Crippen LogP contribution is 2.29. The number of halogens is 1. The van der Waals surface area contributed by atoms with Crippen molar-refractivity contribution in [2.75, 3.05) is 29.4 Å². The number of nitrogens with two attached hydrogens (primary N) is 1. The molecule has 2 aromatic rings. The Morgan fingerprint density at radius 1 is 1.17 bits per heavy atom. The lowest BCUT2D eigenvalue weighted by molar-refractivity contribution is -0.124. The summed E-state index contributed by atoms with van der Waals surface area (Å²) >= 11 is 0. The molecule has 1 aromatic heterocycles. The number of anilines is 2. The molecule has 2 fully saturated rings. The molecule has 0 bridgehead atoms. The maximum Gasteiger partial charge on any atom is 0.415 e. The minimum absolute atomic E-state index is 0.0540. The van der Waals surface area contributed by atoms with Crippen LogP contribution in [0.1, 0.15) is 12.8 Å². The summed E-state index contributed by atoms with van der Waals surface area (Å²) in [6, 6.07) is 7.90. The highest BCUT2D eigenvalue weighted by Gasteiger charge is 2.36. The molecule has 150 valence electrons. The zero-order chi connectivity index (χ0) is 20.5. The van der Waals surface area contributed by atoms with Crippen LogP contribution in [0.15, 0.2) is 36.5 Å². The van der Waals surface area contributed by atoms with Crippen LogP contribution in [0.5, 0.6) is 0 Å². The molecule has 0 radical (unpaired) electrons. The van der Waals surface area contributed by atoms with E-state index in [1.165, 1.54) is 11.0 Å². The lowest BCUT2D eigenvalue weighted by Gasteiger charge is -2.27. The summed E-state index contributed by atoms with van der Waals surface area (Å²) in [6.07, 6.45) is 0.806.